The van der Waals surface area contributed by atoms with Crippen LogP contribution in [0.4, 0.5) is 0 Å². The highest BCUT2D eigenvalue weighted by atomic mass is 14.3. The van der Waals surface area contributed by atoms with Crippen LogP contribution in [0.25, 0.3) is 11.1 Å². The van der Waals surface area contributed by atoms with Crippen LogP contribution >= 0.6 is 0 Å². The van der Waals surface area contributed by atoms with Crippen LogP contribution in [-0.4, -0.2) is 0 Å². The van der Waals surface area contributed by atoms with Crippen molar-refractivity contribution in [3.05, 3.63) is 83.9 Å². The lowest BCUT2D eigenvalue weighted by atomic mass is 9.97. The number of nitriles is 2. The van der Waals surface area contributed by atoms with Crippen molar-refractivity contribution < 1.29 is 0 Å². The summed E-state index contributed by atoms with van der Waals surface area (Å²) in [6.07, 6.45) is 1.25. The van der Waals surface area contributed by atoms with E-state index in [1.54, 1.807) is 0 Å². The minimum atomic E-state index is 0.365. The second-order valence-corrected chi connectivity index (χ2v) is 4.22. The van der Waals surface area contributed by atoms with Gasteiger partial charge in [-0.15, -0.1) is 0 Å². The van der Waals surface area contributed by atoms with Gasteiger partial charge in [-0.3, -0.25) is 0 Å². The zero-order valence-electron chi connectivity index (χ0n) is 10.9. The molecule has 2 nitrogen and oxygen atoms in total. The molecule has 94 valence electrons. The highest BCUT2D eigenvalue weighted by Gasteiger charge is 2.04. The van der Waals surface area contributed by atoms with E-state index < -0.39 is 0 Å². The zero-order valence-corrected chi connectivity index (χ0v) is 10.9. The fourth-order valence-corrected chi connectivity index (χ4v) is 1.90. The van der Waals surface area contributed by atoms with Crippen LogP contribution in [0.3, 0.4) is 0 Å². The summed E-state index contributed by atoms with van der Waals surface area (Å²) in [6, 6.07) is 21.3. The van der Waals surface area contributed by atoms with Crippen molar-refractivity contribution in [2.75, 3.05) is 0 Å². The van der Waals surface area contributed by atoms with Crippen molar-refractivity contribution in [3.8, 4) is 12.1 Å². The van der Waals surface area contributed by atoms with Gasteiger partial charge in [0.2, 0.25) is 0 Å². The summed E-state index contributed by atoms with van der Waals surface area (Å²) >= 11 is 0. The van der Waals surface area contributed by atoms with Crippen LogP contribution in [0, 0.1) is 22.7 Å². The Morgan fingerprint density at radius 1 is 0.850 bits per heavy atom. The molecule has 0 spiro atoms. The quantitative estimate of drug-likeness (QED) is 0.773. The van der Waals surface area contributed by atoms with Crippen LogP contribution in [0.2, 0.25) is 0 Å². The molecule has 0 atom stereocenters. The van der Waals surface area contributed by atoms with E-state index >= 15 is 0 Å². The fraction of sp³-hybridized carbons (Fsp3) is 0. The molecule has 2 heteroatoms. The third-order valence-corrected chi connectivity index (χ3v) is 3.00. The molecule has 0 aliphatic carbocycles. The van der Waals surface area contributed by atoms with E-state index in [-0.39, 0.29) is 0 Å². The standard InChI is InChI=1S/C18H12N2/c1-14(15-5-3-2-4-6-15)16-7-9-17(10-8-16)18(13-20)11-12-19/h2-11H,1H2/b18-11+. The maximum Gasteiger partial charge on any atom is 0.101 e. The molecule has 2 rings (SSSR count). The van der Waals surface area contributed by atoms with Crippen LogP contribution in [0.5, 0.6) is 0 Å². The molecule has 2 aromatic carbocycles. The molecule has 0 saturated heterocycles. The van der Waals surface area contributed by atoms with E-state index in [1.165, 1.54) is 6.08 Å². The predicted molar refractivity (Wildman–Crippen MR) is 80.2 cm³/mol. The van der Waals surface area contributed by atoms with Gasteiger partial charge in [-0.2, -0.15) is 10.5 Å². The summed E-state index contributed by atoms with van der Waals surface area (Å²) in [5, 5.41) is 17.6. The maximum absolute atomic E-state index is 8.98. The third-order valence-electron chi connectivity index (χ3n) is 3.00. The predicted octanol–water partition coefficient (Wildman–Crippen LogP) is 4.18. The number of hydrogen-bond acceptors (Lipinski definition) is 2. The molecule has 0 aromatic heterocycles. The second kappa shape index (κ2) is 6.18. The van der Waals surface area contributed by atoms with Crippen molar-refractivity contribution in [3.63, 3.8) is 0 Å². The molecule has 0 unspecified atom stereocenters. The Morgan fingerprint density at radius 3 is 1.95 bits per heavy atom. The number of benzene rings is 2. The molecule has 0 fully saturated rings. The smallest absolute Gasteiger partial charge is 0.101 e. The Balaban J connectivity index is 2.30. The third kappa shape index (κ3) is 2.83. The first-order chi connectivity index (χ1) is 9.76. The van der Waals surface area contributed by atoms with Crippen LogP contribution in [-0.2, 0) is 0 Å². The summed E-state index contributed by atoms with van der Waals surface area (Å²) in [6.45, 7) is 4.09. The lowest BCUT2D eigenvalue weighted by Crippen LogP contribution is -1.87. The number of nitrogens with zero attached hydrogens (tertiary/aromatic N) is 2. The van der Waals surface area contributed by atoms with Gasteiger partial charge in [-0.1, -0.05) is 61.2 Å². The van der Waals surface area contributed by atoms with Crippen molar-refractivity contribution >= 4 is 11.1 Å². The molecule has 20 heavy (non-hydrogen) atoms. The van der Waals surface area contributed by atoms with Crippen molar-refractivity contribution in [2.45, 2.75) is 0 Å². The highest BCUT2D eigenvalue weighted by molar-refractivity contribution is 5.81. The zero-order chi connectivity index (χ0) is 14.4. The Bertz CT molecular complexity index is 724. The molecule has 0 saturated carbocycles. The van der Waals surface area contributed by atoms with Gasteiger partial charge in [-0.05, 0) is 22.3 Å². The summed E-state index contributed by atoms with van der Waals surface area (Å²) in [5.74, 6) is 0. The van der Waals surface area contributed by atoms with E-state index in [4.69, 9.17) is 10.5 Å². The van der Waals surface area contributed by atoms with Gasteiger partial charge in [0.15, 0.2) is 0 Å². The van der Waals surface area contributed by atoms with Gasteiger partial charge in [0, 0.05) is 6.08 Å². The van der Waals surface area contributed by atoms with E-state index in [1.807, 2.05) is 66.7 Å². The van der Waals surface area contributed by atoms with Crippen LogP contribution in [0.15, 0.2) is 67.3 Å². The molecule has 0 bridgehead atoms. The molecule has 0 aliphatic rings. The molecule has 2 aromatic rings. The average molecular weight is 256 g/mol. The molecular weight excluding hydrogens is 244 g/mol. The van der Waals surface area contributed by atoms with Crippen LogP contribution in [0.1, 0.15) is 16.7 Å². The first-order valence-corrected chi connectivity index (χ1v) is 6.11. The molecule has 0 N–H and O–H groups in total. The minimum absolute atomic E-state index is 0.365. The lowest BCUT2D eigenvalue weighted by molar-refractivity contribution is 1.49. The van der Waals surface area contributed by atoms with Crippen molar-refractivity contribution in [1.82, 2.24) is 0 Å². The van der Waals surface area contributed by atoms with Crippen molar-refractivity contribution in [1.29, 1.82) is 10.5 Å². The highest BCUT2D eigenvalue weighted by Crippen LogP contribution is 2.23. The fourth-order valence-electron chi connectivity index (χ4n) is 1.90. The molecule has 0 amide bonds. The van der Waals surface area contributed by atoms with Gasteiger partial charge in [0.05, 0.1) is 11.6 Å². The van der Waals surface area contributed by atoms with Crippen LogP contribution < -0.4 is 0 Å². The second-order valence-electron chi connectivity index (χ2n) is 4.22. The van der Waals surface area contributed by atoms with E-state index in [2.05, 4.69) is 6.58 Å². The largest absolute Gasteiger partial charge is 0.193 e. The minimum Gasteiger partial charge on any atom is -0.193 e. The molecule has 0 heterocycles. The maximum atomic E-state index is 8.98. The Labute approximate surface area is 118 Å². The summed E-state index contributed by atoms with van der Waals surface area (Å²) in [4.78, 5) is 0. The van der Waals surface area contributed by atoms with E-state index in [0.29, 0.717) is 5.57 Å². The number of hydrogen-bond donors (Lipinski definition) is 0. The van der Waals surface area contributed by atoms with E-state index in [0.717, 1.165) is 22.3 Å². The van der Waals surface area contributed by atoms with Gasteiger partial charge in [0.1, 0.15) is 6.07 Å². The van der Waals surface area contributed by atoms with Gasteiger partial charge in [-0.25, -0.2) is 0 Å². The average Bonchev–Trinajstić information content (AvgIpc) is 2.53. The lowest BCUT2D eigenvalue weighted by Gasteiger charge is -2.07. The monoisotopic (exact) mass is 256 g/mol. The van der Waals surface area contributed by atoms with Gasteiger partial charge < -0.3 is 0 Å². The Hall–Kier alpha value is -3.10. The number of rotatable bonds is 3. The SMILES string of the molecule is C=C(c1ccccc1)c1ccc(/C(C#N)=C/C#N)cc1. The van der Waals surface area contributed by atoms with Gasteiger partial charge >= 0.3 is 0 Å². The first kappa shape index (κ1) is 13.3. The van der Waals surface area contributed by atoms with Crippen molar-refractivity contribution in [2.24, 2.45) is 0 Å². The normalized spacial score (nSPS) is 10.4. The van der Waals surface area contributed by atoms with Gasteiger partial charge in [0.25, 0.3) is 0 Å². The molecule has 0 aliphatic heterocycles. The summed E-state index contributed by atoms with van der Waals surface area (Å²) < 4.78 is 0. The first-order valence-electron chi connectivity index (χ1n) is 6.11. The summed E-state index contributed by atoms with van der Waals surface area (Å²) in [7, 11) is 0. The van der Waals surface area contributed by atoms with E-state index in [9.17, 15) is 0 Å². The summed E-state index contributed by atoms with van der Waals surface area (Å²) in [5.41, 5.74) is 4.09. The Morgan fingerprint density at radius 2 is 1.40 bits per heavy atom. The number of allylic oxidation sites excluding steroid dienone is 2. The molecular formula is C18H12N2. The topological polar surface area (TPSA) is 47.6 Å². The molecule has 0 radical (unpaired) electrons. The Kier molecular flexibility index (Phi) is 4.12.